The molecule has 3 atom stereocenters. The maximum atomic E-state index is 13.0. The highest BCUT2D eigenvalue weighted by Crippen LogP contribution is 2.47. The van der Waals surface area contributed by atoms with E-state index < -0.39 is 6.23 Å². The number of aliphatic hydroxyl groups is 1. The zero-order valence-electron chi connectivity index (χ0n) is 15.3. The van der Waals surface area contributed by atoms with Crippen LogP contribution in [0, 0.1) is 5.21 Å². The number of hydrogen-bond acceptors (Lipinski definition) is 6. The number of hydroxylamine groups is 2. The largest absolute Gasteiger partial charge is 0.783 e. The Balaban J connectivity index is 1.95. The molecule has 1 aliphatic heterocycles. The van der Waals surface area contributed by atoms with Crippen LogP contribution in [0.1, 0.15) is 28.8 Å². The van der Waals surface area contributed by atoms with Crippen LogP contribution >= 0.6 is 11.8 Å². The van der Waals surface area contributed by atoms with Gasteiger partial charge in [0.1, 0.15) is 12.0 Å². The van der Waals surface area contributed by atoms with Gasteiger partial charge in [-0.2, -0.15) is 0 Å². The van der Waals surface area contributed by atoms with Gasteiger partial charge in [-0.3, -0.25) is 0 Å². The topological polar surface area (TPSA) is 59.0 Å². The molecule has 3 unspecified atom stereocenters. The van der Waals surface area contributed by atoms with Crippen molar-refractivity contribution in [1.82, 2.24) is 9.96 Å². The van der Waals surface area contributed by atoms with Gasteiger partial charge >= 0.3 is 0 Å². The van der Waals surface area contributed by atoms with Crippen LogP contribution in [0.3, 0.4) is 0 Å². The number of thioether (sulfide) groups is 1. The molecule has 1 heterocycles. The van der Waals surface area contributed by atoms with E-state index in [4.69, 9.17) is 4.74 Å². The minimum Gasteiger partial charge on any atom is -0.783 e. The molecule has 2 aromatic carbocycles. The molecular weight excluding hydrogens is 348 g/mol. The summed E-state index contributed by atoms with van der Waals surface area (Å²) in [6.45, 7) is 0.780. The number of rotatable bonds is 5. The molecule has 0 saturated heterocycles. The highest BCUT2D eigenvalue weighted by molar-refractivity contribution is 7.99. The van der Waals surface area contributed by atoms with Crippen LogP contribution in [0.4, 0.5) is 0 Å². The van der Waals surface area contributed by atoms with Crippen LogP contribution in [0.15, 0.2) is 53.4 Å². The van der Waals surface area contributed by atoms with Gasteiger partial charge < -0.3 is 25.0 Å². The Morgan fingerprint density at radius 1 is 1.15 bits per heavy atom. The number of benzene rings is 2. The zero-order chi connectivity index (χ0) is 18.7. The lowest BCUT2D eigenvalue weighted by atomic mass is 10.0. The van der Waals surface area contributed by atoms with E-state index in [0.29, 0.717) is 6.42 Å². The van der Waals surface area contributed by atoms with Crippen molar-refractivity contribution in [1.29, 1.82) is 0 Å². The summed E-state index contributed by atoms with van der Waals surface area (Å²) in [5.41, 5.74) is 1.90. The average molecular weight is 373 g/mol. The molecule has 26 heavy (non-hydrogen) atoms. The van der Waals surface area contributed by atoms with Crippen molar-refractivity contribution in [2.24, 2.45) is 0 Å². The van der Waals surface area contributed by atoms with Crippen LogP contribution in [0.5, 0.6) is 5.75 Å². The monoisotopic (exact) mass is 373 g/mol. The highest BCUT2D eigenvalue weighted by atomic mass is 32.2. The van der Waals surface area contributed by atoms with Gasteiger partial charge in [0, 0.05) is 10.9 Å². The highest BCUT2D eigenvalue weighted by Gasteiger charge is 2.33. The Labute approximate surface area is 159 Å². The van der Waals surface area contributed by atoms with Crippen molar-refractivity contribution < 1.29 is 9.84 Å². The summed E-state index contributed by atoms with van der Waals surface area (Å²) in [5, 5.41) is 24.4. The van der Waals surface area contributed by atoms with E-state index in [-0.39, 0.29) is 11.3 Å². The summed E-state index contributed by atoms with van der Waals surface area (Å²) in [7, 11) is 5.60. The molecule has 0 aromatic heterocycles. The molecule has 1 aliphatic rings. The summed E-state index contributed by atoms with van der Waals surface area (Å²) < 4.78 is 5.21. The molecule has 0 bridgehead atoms. The summed E-state index contributed by atoms with van der Waals surface area (Å²) in [6, 6.07) is 15.1. The molecule has 0 spiro atoms. The van der Waals surface area contributed by atoms with E-state index >= 15 is 0 Å². The summed E-state index contributed by atoms with van der Waals surface area (Å²) in [6.07, 6.45) is -0.451. The van der Waals surface area contributed by atoms with E-state index in [9.17, 15) is 10.3 Å². The fourth-order valence-electron chi connectivity index (χ4n) is 3.21. The Morgan fingerprint density at radius 3 is 2.50 bits per heavy atom. The molecule has 140 valence electrons. The van der Waals surface area contributed by atoms with Crippen molar-refractivity contribution in [3.63, 3.8) is 0 Å². The third kappa shape index (κ3) is 4.05. The number of nitrogens with zero attached hydrogens (tertiary/aromatic N) is 2. The molecule has 6 heteroatoms. The van der Waals surface area contributed by atoms with E-state index in [1.54, 1.807) is 18.9 Å². The minimum atomic E-state index is -1.12. The minimum absolute atomic E-state index is 0.357. The lowest BCUT2D eigenvalue weighted by Gasteiger charge is -2.42. The quantitative estimate of drug-likeness (QED) is 0.863. The van der Waals surface area contributed by atoms with Crippen molar-refractivity contribution in [3.05, 3.63) is 64.9 Å². The van der Waals surface area contributed by atoms with Gasteiger partial charge in [-0.15, -0.1) is 11.8 Å². The number of ether oxygens (including phenoxy) is 1. The number of fused-ring (bicyclic) bond motifs is 1. The van der Waals surface area contributed by atoms with Gasteiger partial charge in [0.2, 0.25) is 0 Å². The zero-order valence-corrected chi connectivity index (χ0v) is 16.1. The van der Waals surface area contributed by atoms with Gasteiger partial charge in [0.05, 0.1) is 12.4 Å². The fourth-order valence-corrected chi connectivity index (χ4v) is 4.52. The normalized spacial score (nSPS) is 23.5. The van der Waals surface area contributed by atoms with Gasteiger partial charge in [-0.05, 0) is 56.4 Å². The van der Waals surface area contributed by atoms with Gasteiger partial charge in [-0.1, -0.05) is 30.3 Å². The third-order valence-corrected chi connectivity index (χ3v) is 6.06. The second-order valence-electron chi connectivity index (χ2n) is 6.73. The van der Waals surface area contributed by atoms with Crippen molar-refractivity contribution in [3.8, 4) is 5.75 Å². The Hall–Kier alpha value is -1.57. The van der Waals surface area contributed by atoms with Gasteiger partial charge in [0.25, 0.3) is 0 Å². The summed E-state index contributed by atoms with van der Waals surface area (Å²) in [4.78, 5) is 3.11. The molecule has 0 saturated carbocycles. The van der Waals surface area contributed by atoms with Crippen LogP contribution < -0.4 is 4.74 Å². The van der Waals surface area contributed by atoms with E-state index in [0.717, 1.165) is 33.4 Å². The average Bonchev–Trinajstić information content (AvgIpc) is 2.76. The van der Waals surface area contributed by atoms with Crippen LogP contribution in [0.2, 0.25) is 0 Å². The maximum absolute atomic E-state index is 13.0. The summed E-state index contributed by atoms with van der Waals surface area (Å²) in [5.74, 6) is 0.755. The van der Waals surface area contributed by atoms with Crippen LogP contribution in [-0.4, -0.2) is 49.0 Å². The van der Waals surface area contributed by atoms with E-state index in [2.05, 4.69) is 4.90 Å². The van der Waals surface area contributed by atoms with Gasteiger partial charge in [-0.25, -0.2) is 0 Å². The second-order valence-corrected chi connectivity index (χ2v) is 7.91. The molecule has 0 fully saturated rings. The smallest absolute Gasteiger partial charge is 0.118 e. The molecule has 3 rings (SSSR count). The first-order chi connectivity index (χ1) is 12.5. The lowest BCUT2D eigenvalue weighted by Crippen LogP contribution is -2.37. The number of methoxy groups -OCH3 is 1. The van der Waals surface area contributed by atoms with E-state index in [1.807, 2.05) is 62.6 Å². The first-order valence-corrected chi connectivity index (χ1v) is 9.57. The molecule has 0 radical (unpaired) electrons. The Bertz CT molecular complexity index is 723. The Morgan fingerprint density at radius 2 is 1.85 bits per heavy atom. The predicted octanol–water partition coefficient (Wildman–Crippen LogP) is 3.65. The third-order valence-electron chi connectivity index (χ3n) is 4.66. The number of aliphatic hydroxyl groups excluding tert-OH is 1. The molecule has 1 N–H and O–H groups in total. The fraction of sp³-hybridized carbons (Fsp3) is 0.400. The van der Waals surface area contributed by atoms with E-state index in [1.165, 1.54) is 0 Å². The maximum Gasteiger partial charge on any atom is 0.118 e. The molecule has 0 amide bonds. The van der Waals surface area contributed by atoms with Crippen LogP contribution in [0.25, 0.3) is 0 Å². The predicted molar refractivity (Wildman–Crippen MR) is 105 cm³/mol. The second kappa shape index (κ2) is 8.41. The molecule has 2 aromatic rings. The molecular formula is C20H25N2O3S-. The first-order valence-electron chi connectivity index (χ1n) is 8.69. The van der Waals surface area contributed by atoms with Crippen molar-refractivity contribution in [2.75, 3.05) is 27.7 Å². The SMILES string of the molecule is COc1ccc(C2Sc3ccccc3C(CCN(C)C)N([O-])C2O)cc1. The van der Waals surface area contributed by atoms with Crippen LogP contribution in [-0.2, 0) is 0 Å². The Kier molecular flexibility index (Phi) is 6.21. The lowest BCUT2D eigenvalue weighted by molar-refractivity contribution is 0.00554. The number of hydrogen-bond donors (Lipinski definition) is 1. The first kappa shape index (κ1) is 19.2. The standard InChI is InChI=1S/C20H25N2O3S/c1-21(2)13-12-17-16-6-4-5-7-18(16)26-19(20(23)22(17)24)14-8-10-15(25-3)11-9-14/h4-11,17,19-20,23H,12-13H2,1-3H3/q-1. The van der Waals surface area contributed by atoms with Crippen molar-refractivity contribution >= 4 is 11.8 Å². The summed E-state index contributed by atoms with van der Waals surface area (Å²) >= 11 is 1.55. The molecule has 0 aliphatic carbocycles. The van der Waals surface area contributed by atoms with Gasteiger partial charge in [0.15, 0.2) is 0 Å². The van der Waals surface area contributed by atoms with Crippen molar-refractivity contribution in [2.45, 2.75) is 28.8 Å². The molecule has 5 nitrogen and oxygen atoms in total.